The highest BCUT2D eigenvalue weighted by molar-refractivity contribution is 7.15. The fourth-order valence-electron chi connectivity index (χ4n) is 1.82. The Kier molecular flexibility index (Phi) is 4.09. The van der Waals surface area contributed by atoms with Gasteiger partial charge in [-0.2, -0.15) is 0 Å². The minimum atomic E-state index is 0.589. The molecule has 0 aliphatic heterocycles. The van der Waals surface area contributed by atoms with Crippen molar-refractivity contribution in [1.29, 1.82) is 0 Å². The van der Waals surface area contributed by atoms with Crippen LogP contribution in [0, 0.1) is 6.92 Å². The Morgan fingerprint density at radius 1 is 1.39 bits per heavy atom. The quantitative estimate of drug-likeness (QED) is 0.924. The van der Waals surface area contributed by atoms with E-state index in [0.29, 0.717) is 4.47 Å². The molecular formula is C13H16ClN3S. The topological polar surface area (TPSA) is 28.2 Å². The van der Waals surface area contributed by atoms with E-state index >= 15 is 0 Å². The van der Waals surface area contributed by atoms with Crippen molar-refractivity contribution in [2.75, 3.05) is 24.3 Å². The molecule has 0 aliphatic rings. The molecule has 96 valence electrons. The molecule has 0 spiro atoms. The summed E-state index contributed by atoms with van der Waals surface area (Å²) in [5.41, 5.74) is 3.61. The van der Waals surface area contributed by atoms with Gasteiger partial charge in [-0.05, 0) is 30.7 Å². The lowest BCUT2D eigenvalue weighted by Gasteiger charge is -2.16. The molecule has 0 fully saturated rings. The normalized spacial score (nSPS) is 10.4. The predicted molar refractivity (Wildman–Crippen MR) is 80.0 cm³/mol. The summed E-state index contributed by atoms with van der Waals surface area (Å²) >= 11 is 7.30. The zero-order valence-electron chi connectivity index (χ0n) is 10.7. The SMILES string of the molecule is Cc1cc(NCc2cnc(Cl)s2)ccc1N(C)C. The van der Waals surface area contributed by atoms with E-state index in [0.717, 1.165) is 17.1 Å². The zero-order chi connectivity index (χ0) is 13.1. The lowest BCUT2D eigenvalue weighted by molar-refractivity contribution is 1.11. The van der Waals surface area contributed by atoms with E-state index < -0.39 is 0 Å². The van der Waals surface area contributed by atoms with Gasteiger partial charge in [0.1, 0.15) is 0 Å². The first kappa shape index (κ1) is 13.2. The molecule has 1 aromatic carbocycles. The number of anilines is 2. The molecular weight excluding hydrogens is 266 g/mol. The first-order chi connectivity index (χ1) is 8.56. The molecule has 1 N–H and O–H groups in total. The molecule has 0 atom stereocenters. The van der Waals surface area contributed by atoms with Crippen LogP contribution in [0.25, 0.3) is 0 Å². The summed E-state index contributed by atoms with van der Waals surface area (Å²) in [4.78, 5) is 7.27. The molecule has 18 heavy (non-hydrogen) atoms. The van der Waals surface area contributed by atoms with Gasteiger partial charge in [0, 0.05) is 36.5 Å². The number of rotatable bonds is 4. The van der Waals surface area contributed by atoms with Crippen LogP contribution in [0.3, 0.4) is 0 Å². The first-order valence-corrected chi connectivity index (χ1v) is 6.88. The maximum atomic E-state index is 5.80. The molecule has 3 nitrogen and oxygen atoms in total. The van der Waals surface area contributed by atoms with Crippen LogP contribution >= 0.6 is 22.9 Å². The van der Waals surface area contributed by atoms with Crippen molar-refractivity contribution in [1.82, 2.24) is 4.98 Å². The Bertz CT molecular complexity index is 537. The van der Waals surface area contributed by atoms with Crippen molar-refractivity contribution in [3.05, 3.63) is 39.3 Å². The van der Waals surface area contributed by atoms with Gasteiger partial charge in [-0.1, -0.05) is 11.6 Å². The maximum absolute atomic E-state index is 5.80. The largest absolute Gasteiger partial charge is 0.380 e. The molecule has 0 bridgehead atoms. The Balaban J connectivity index is 2.04. The van der Waals surface area contributed by atoms with Gasteiger partial charge in [-0.3, -0.25) is 0 Å². The van der Waals surface area contributed by atoms with Gasteiger partial charge in [0.05, 0.1) is 6.54 Å². The van der Waals surface area contributed by atoms with Crippen LogP contribution in [0.15, 0.2) is 24.4 Å². The van der Waals surface area contributed by atoms with E-state index in [-0.39, 0.29) is 0 Å². The average Bonchev–Trinajstić information content (AvgIpc) is 2.72. The van der Waals surface area contributed by atoms with Gasteiger partial charge >= 0.3 is 0 Å². The number of benzene rings is 1. The van der Waals surface area contributed by atoms with Gasteiger partial charge < -0.3 is 10.2 Å². The van der Waals surface area contributed by atoms with Crippen molar-refractivity contribution >= 4 is 34.3 Å². The number of aromatic nitrogens is 1. The Morgan fingerprint density at radius 3 is 2.72 bits per heavy atom. The third-order valence-corrected chi connectivity index (χ3v) is 3.79. The van der Waals surface area contributed by atoms with Crippen LogP contribution in [0.4, 0.5) is 11.4 Å². The smallest absolute Gasteiger partial charge is 0.183 e. The van der Waals surface area contributed by atoms with Gasteiger partial charge in [0.25, 0.3) is 0 Å². The second kappa shape index (κ2) is 5.59. The summed E-state index contributed by atoms with van der Waals surface area (Å²) in [7, 11) is 4.10. The van der Waals surface area contributed by atoms with Crippen LogP contribution in [0.1, 0.15) is 10.4 Å². The van der Waals surface area contributed by atoms with Gasteiger partial charge in [0.2, 0.25) is 0 Å². The second-order valence-corrected chi connectivity index (χ2v) is 6.03. The van der Waals surface area contributed by atoms with Crippen LogP contribution in [-0.4, -0.2) is 19.1 Å². The van der Waals surface area contributed by atoms with Gasteiger partial charge in [-0.25, -0.2) is 4.98 Å². The van der Waals surface area contributed by atoms with Crippen molar-refractivity contribution in [3.8, 4) is 0 Å². The molecule has 1 heterocycles. The molecule has 5 heteroatoms. The van der Waals surface area contributed by atoms with Crippen LogP contribution in [0.2, 0.25) is 4.47 Å². The van der Waals surface area contributed by atoms with E-state index in [1.807, 2.05) is 0 Å². The third kappa shape index (κ3) is 3.15. The Morgan fingerprint density at radius 2 is 2.17 bits per heavy atom. The molecule has 0 aliphatic carbocycles. The third-order valence-electron chi connectivity index (χ3n) is 2.67. The molecule has 2 aromatic rings. The van der Waals surface area contributed by atoms with E-state index in [2.05, 4.69) is 54.4 Å². The molecule has 0 amide bonds. The number of nitrogens with zero attached hydrogens (tertiary/aromatic N) is 2. The lowest BCUT2D eigenvalue weighted by atomic mass is 10.1. The predicted octanol–water partition coefficient (Wildman–Crippen LogP) is 3.78. The highest BCUT2D eigenvalue weighted by Crippen LogP contribution is 2.23. The first-order valence-electron chi connectivity index (χ1n) is 5.68. The van der Waals surface area contributed by atoms with Gasteiger partial charge in [0.15, 0.2) is 4.47 Å². The van der Waals surface area contributed by atoms with Crippen LogP contribution in [-0.2, 0) is 6.54 Å². The van der Waals surface area contributed by atoms with E-state index in [9.17, 15) is 0 Å². The van der Waals surface area contributed by atoms with Crippen molar-refractivity contribution in [2.24, 2.45) is 0 Å². The molecule has 1 aromatic heterocycles. The summed E-state index contributed by atoms with van der Waals surface area (Å²) < 4.78 is 0.589. The second-order valence-electron chi connectivity index (χ2n) is 4.33. The zero-order valence-corrected chi connectivity index (χ0v) is 12.3. The summed E-state index contributed by atoms with van der Waals surface area (Å²) in [5.74, 6) is 0. The molecule has 0 unspecified atom stereocenters. The number of thiazole rings is 1. The minimum Gasteiger partial charge on any atom is -0.380 e. The van der Waals surface area contributed by atoms with Crippen molar-refractivity contribution < 1.29 is 0 Å². The number of aryl methyl sites for hydroxylation is 1. The summed E-state index contributed by atoms with van der Waals surface area (Å²) in [6, 6.07) is 6.36. The minimum absolute atomic E-state index is 0.589. The Hall–Kier alpha value is -1.26. The fourth-order valence-corrected chi connectivity index (χ4v) is 2.74. The number of hydrogen-bond acceptors (Lipinski definition) is 4. The monoisotopic (exact) mass is 281 g/mol. The number of halogens is 1. The van der Waals surface area contributed by atoms with E-state index in [1.54, 1.807) is 6.20 Å². The van der Waals surface area contributed by atoms with Crippen LogP contribution in [0.5, 0.6) is 0 Å². The maximum Gasteiger partial charge on any atom is 0.183 e. The summed E-state index contributed by atoms with van der Waals surface area (Å²) in [6.07, 6.45) is 1.81. The molecule has 0 saturated heterocycles. The summed E-state index contributed by atoms with van der Waals surface area (Å²) in [6.45, 7) is 2.87. The molecule has 0 saturated carbocycles. The van der Waals surface area contributed by atoms with E-state index in [4.69, 9.17) is 11.6 Å². The van der Waals surface area contributed by atoms with Crippen molar-refractivity contribution in [2.45, 2.75) is 13.5 Å². The lowest BCUT2D eigenvalue weighted by Crippen LogP contribution is -2.10. The highest BCUT2D eigenvalue weighted by Gasteiger charge is 2.03. The van der Waals surface area contributed by atoms with Gasteiger partial charge in [-0.15, -0.1) is 11.3 Å². The van der Waals surface area contributed by atoms with E-state index in [1.165, 1.54) is 22.6 Å². The van der Waals surface area contributed by atoms with Crippen LogP contribution < -0.4 is 10.2 Å². The Labute approximate surface area is 116 Å². The number of hydrogen-bond donors (Lipinski definition) is 1. The standard InChI is InChI=1S/C13H16ClN3S/c1-9-6-10(4-5-12(9)17(2)3)15-7-11-8-16-13(14)18-11/h4-6,8,15H,7H2,1-3H3. The summed E-state index contributed by atoms with van der Waals surface area (Å²) in [5, 5.41) is 3.37. The average molecular weight is 282 g/mol. The highest BCUT2D eigenvalue weighted by atomic mass is 35.5. The van der Waals surface area contributed by atoms with Crippen molar-refractivity contribution in [3.63, 3.8) is 0 Å². The molecule has 2 rings (SSSR count). The molecule has 0 radical (unpaired) electrons. The fraction of sp³-hybridized carbons (Fsp3) is 0.308. The number of nitrogens with one attached hydrogen (secondary N) is 1.